The zero-order chi connectivity index (χ0) is 20.7. The molecule has 2 aromatic carbocycles. The van der Waals surface area contributed by atoms with Gasteiger partial charge in [0, 0.05) is 17.2 Å². The number of aryl methyl sites for hydroxylation is 1. The zero-order valence-electron chi connectivity index (χ0n) is 14.6. The van der Waals surface area contributed by atoms with Gasteiger partial charge in [0.15, 0.2) is 5.11 Å². The van der Waals surface area contributed by atoms with Gasteiger partial charge >= 0.3 is 0 Å². The molecule has 0 aliphatic rings. The predicted molar refractivity (Wildman–Crippen MR) is 104 cm³/mol. The molecule has 28 heavy (non-hydrogen) atoms. The molecule has 0 atom stereocenters. The lowest BCUT2D eigenvalue weighted by Crippen LogP contribution is -2.47. The van der Waals surface area contributed by atoms with Crippen LogP contribution in [0.4, 0.5) is 15.8 Å². The topological polar surface area (TPSA) is 125 Å². The van der Waals surface area contributed by atoms with Crippen LogP contribution in [-0.2, 0) is 4.79 Å². The van der Waals surface area contributed by atoms with Crippen molar-refractivity contribution in [3.8, 4) is 0 Å². The number of nitrogens with one attached hydrogen (secondary N) is 4. The summed E-state index contributed by atoms with van der Waals surface area (Å²) in [4.78, 5) is 34.1. The molecule has 0 aromatic heterocycles. The molecule has 0 fully saturated rings. The third-order valence-corrected chi connectivity index (χ3v) is 3.72. The third kappa shape index (κ3) is 5.71. The minimum absolute atomic E-state index is 0.0507. The number of nitrogens with zero attached hydrogens (tertiary/aromatic N) is 1. The van der Waals surface area contributed by atoms with Crippen LogP contribution >= 0.6 is 12.2 Å². The van der Waals surface area contributed by atoms with Crippen molar-refractivity contribution in [3.63, 3.8) is 0 Å². The van der Waals surface area contributed by atoms with Gasteiger partial charge in [-0.05, 0) is 37.3 Å². The molecule has 0 saturated heterocycles. The van der Waals surface area contributed by atoms with Crippen LogP contribution in [-0.4, -0.2) is 28.4 Å². The summed E-state index contributed by atoms with van der Waals surface area (Å²) in [5.74, 6) is -1.80. The van der Waals surface area contributed by atoms with Crippen molar-refractivity contribution in [1.82, 2.24) is 16.2 Å². The van der Waals surface area contributed by atoms with Crippen molar-refractivity contribution in [2.24, 2.45) is 0 Å². The monoisotopic (exact) mass is 405 g/mol. The molecule has 0 aliphatic carbocycles. The lowest BCUT2D eigenvalue weighted by atomic mass is 10.1. The first-order valence-electron chi connectivity index (χ1n) is 7.91. The number of hydrogen-bond acceptors (Lipinski definition) is 5. The van der Waals surface area contributed by atoms with Crippen LogP contribution in [0.5, 0.6) is 0 Å². The molecule has 2 amide bonds. The highest BCUT2D eigenvalue weighted by Gasteiger charge is 2.15. The summed E-state index contributed by atoms with van der Waals surface area (Å²) >= 11 is 4.92. The van der Waals surface area contributed by atoms with Crippen LogP contribution in [0, 0.1) is 22.9 Å². The molecule has 11 heteroatoms. The molecular formula is C17H16FN5O4S. The second kappa shape index (κ2) is 9.37. The van der Waals surface area contributed by atoms with Crippen LogP contribution in [0.15, 0.2) is 42.5 Å². The Morgan fingerprint density at radius 1 is 1.18 bits per heavy atom. The van der Waals surface area contributed by atoms with E-state index >= 15 is 0 Å². The normalized spacial score (nSPS) is 9.93. The number of hydrazine groups is 1. The molecule has 2 rings (SSSR count). The summed E-state index contributed by atoms with van der Waals surface area (Å²) in [5.41, 5.74) is 5.00. The van der Waals surface area contributed by atoms with Crippen LogP contribution in [0.3, 0.4) is 0 Å². The fourth-order valence-electron chi connectivity index (χ4n) is 2.10. The second-order valence-corrected chi connectivity index (χ2v) is 5.96. The Hall–Kier alpha value is -3.60. The number of carbonyl (C=O) groups excluding carboxylic acids is 2. The molecule has 0 heterocycles. The minimum Gasteiger partial charge on any atom is -0.343 e. The smallest absolute Gasteiger partial charge is 0.273 e. The van der Waals surface area contributed by atoms with E-state index in [1.807, 2.05) is 0 Å². The number of halogens is 1. The van der Waals surface area contributed by atoms with E-state index in [9.17, 15) is 24.1 Å². The van der Waals surface area contributed by atoms with Gasteiger partial charge < -0.3 is 10.6 Å². The fraction of sp³-hybridized carbons (Fsp3) is 0.118. The lowest BCUT2D eigenvalue weighted by Gasteiger charge is -2.12. The maximum atomic E-state index is 13.5. The van der Waals surface area contributed by atoms with Gasteiger partial charge in [0.25, 0.3) is 17.5 Å². The van der Waals surface area contributed by atoms with Crippen LogP contribution in [0.1, 0.15) is 15.9 Å². The van der Waals surface area contributed by atoms with Crippen molar-refractivity contribution in [2.75, 3.05) is 11.9 Å². The summed E-state index contributed by atoms with van der Waals surface area (Å²) in [6.07, 6.45) is 0. The summed E-state index contributed by atoms with van der Waals surface area (Å²) in [6.45, 7) is 1.15. The van der Waals surface area contributed by atoms with Gasteiger partial charge in [0.05, 0.1) is 17.2 Å². The Labute approximate surface area is 164 Å². The number of rotatable bonds is 5. The van der Waals surface area contributed by atoms with Crippen LogP contribution < -0.4 is 21.5 Å². The van der Waals surface area contributed by atoms with Gasteiger partial charge in [0.2, 0.25) is 0 Å². The van der Waals surface area contributed by atoms with Crippen molar-refractivity contribution >= 4 is 40.5 Å². The first-order valence-corrected chi connectivity index (χ1v) is 8.32. The number of nitro groups is 1. The quantitative estimate of drug-likeness (QED) is 0.339. The summed E-state index contributed by atoms with van der Waals surface area (Å²) in [5, 5.41) is 15.8. The molecule has 0 saturated carbocycles. The van der Waals surface area contributed by atoms with E-state index in [2.05, 4.69) is 21.5 Å². The Kier molecular flexibility index (Phi) is 6.93. The number of hydrogen-bond donors (Lipinski definition) is 4. The Morgan fingerprint density at radius 3 is 2.57 bits per heavy atom. The second-order valence-electron chi connectivity index (χ2n) is 5.55. The Bertz CT molecular complexity index is 938. The number of para-hydroxylation sites is 1. The van der Waals surface area contributed by atoms with Gasteiger partial charge in [-0.15, -0.1) is 0 Å². The minimum atomic E-state index is -0.648. The fourth-order valence-corrected chi connectivity index (χ4v) is 2.26. The van der Waals surface area contributed by atoms with E-state index < -0.39 is 29.1 Å². The maximum absolute atomic E-state index is 13.5. The van der Waals surface area contributed by atoms with Crippen molar-refractivity contribution in [1.29, 1.82) is 0 Å². The molecule has 0 spiro atoms. The van der Waals surface area contributed by atoms with Gasteiger partial charge in [0.1, 0.15) is 5.82 Å². The van der Waals surface area contributed by atoms with Gasteiger partial charge in [-0.3, -0.25) is 30.6 Å². The number of anilines is 1. The Morgan fingerprint density at radius 2 is 1.89 bits per heavy atom. The lowest BCUT2D eigenvalue weighted by molar-refractivity contribution is -0.385. The van der Waals surface area contributed by atoms with E-state index in [1.165, 1.54) is 30.3 Å². The number of carbonyl (C=O) groups is 2. The largest absolute Gasteiger partial charge is 0.343 e. The average Bonchev–Trinajstić information content (AvgIpc) is 2.66. The van der Waals surface area contributed by atoms with Crippen molar-refractivity contribution < 1.29 is 18.9 Å². The summed E-state index contributed by atoms with van der Waals surface area (Å²) < 4.78 is 13.5. The highest BCUT2D eigenvalue weighted by atomic mass is 32.1. The molecule has 4 N–H and O–H groups in total. The van der Waals surface area contributed by atoms with Crippen molar-refractivity contribution in [2.45, 2.75) is 6.92 Å². The number of thiocarbonyl (C=S) groups is 1. The zero-order valence-corrected chi connectivity index (χ0v) is 15.4. The van der Waals surface area contributed by atoms with Gasteiger partial charge in [-0.2, -0.15) is 0 Å². The van der Waals surface area contributed by atoms with E-state index in [0.717, 1.165) is 6.07 Å². The van der Waals surface area contributed by atoms with E-state index in [0.29, 0.717) is 5.56 Å². The number of benzene rings is 2. The summed E-state index contributed by atoms with van der Waals surface area (Å²) in [6, 6.07) is 9.83. The molecule has 0 bridgehead atoms. The maximum Gasteiger partial charge on any atom is 0.273 e. The number of nitro benzene ring substituents is 1. The van der Waals surface area contributed by atoms with E-state index in [1.54, 1.807) is 13.0 Å². The molecule has 0 aliphatic heterocycles. The summed E-state index contributed by atoms with van der Waals surface area (Å²) in [7, 11) is 0. The molecule has 0 radical (unpaired) electrons. The van der Waals surface area contributed by atoms with E-state index in [-0.39, 0.29) is 22.1 Å². The number of amides is 2. The standard InChI is InChI=1S/C17H16FN5O4S/c1-10-6-7-11(8-14(10)23(26)27)16(25)19-9-15(24)21-22-17(28)20-13-5-3-2-4-12(13)18/h2-8H,9H2,1H3,(H,19,25)(H,21,24)(H2,20,22,28). The third-order valence-electron chi connectivity index (χ3n) is 3.52. The molecule has 2 aromatic rings. The van der Waals surface area contributed by atoms with Crippen molar-refractivity contribution in [3.05, 3.63) is 69.5 Å². The average molecular weight is 405 g/mol. The molecule has 146 valence electrons. The van der Waals surface area contributed by atoms with E-state index in [4.69, 9.17) is 12.2 Å². The van der Waals surface area contributed by atoms with Gasteiger partial charge in [-0.1, -0.05) is 18.2 Å². The first kappa shape index (κ1) is 20.7. The van der Waals surface area contributed by atoms with Crippen LogP contribution in [0.25, 0.3) is 0 Å². The Balaban J connectivity index is 1.81. The molecule has 9 nitrogen and oxygen atoms in total. The predicted octanol–water partition coefficient (Wildman–Crippen LogP) is 1.79. The molecular weight excluding hydrogens is 389 g/mol. The SMILES string of the molecule is Cc1ccc(C(=O)NCC(=O)NNC(=S)Nc2ccccc2F)cc1[N+](=O)[O-]. The highest BCUT2D eigenvalue weighted by molar-refractivity contribution is 7.80. The highest BCUT2D eigenvalue weighted by Crippen LogP contribution is 2.19. The van der Waals surface area contributed by atoms with Gasteiger partial charge in [-0.25, -0.2) is 4.39 Å². The van der Waals surface area contributed by atoms with Crippen LogP contribution in [0.2, 0.25) is 0 Å². The molecule has 0 unspecified atom stereocenters. The first-order chi connectivity index (χ1) is 13.3.